The Kier molecular flexibility index (Phi) is 4.01. The molecule has 0 aliphatic carbocycles. The van der Waals surface area contributed by atoms with Gasteiger partial charge in [-0.3, -0.25) is 9.69 Å². The second-order valence-corrected chi connectivity index (χ2v) is 6.35. The van der Waals surface area contributed by atoms with Crippen LogP contribution in [-0.2, 0) is 16.0 Å². The van der Waals surface area contributed by atoms with E-state index in [2.05, 4.69) is 15.4 Å². The van der Waals surface area contributed by atoms with Gasteiger partial charge in [0.2, 0.25) is 5.91 Å². The standard InChI is InChI=1S/C17H21N3O3/c21-17(8-15-14-5-1-2-6-16(14)23-19-15)18-9-13-10-20-7-3-4-12(20)11-22-13/h1-2,5-6,12-13H,3-4,7-11H2,(H,18,21)/t12-,13-/m0/s1. The van der Waals surface area contributed by atoms with E-state index in [0.29, 0.717) is 23.9 Å². The lowest BCUT2D eigenvalue weighted by atomic mass is 10.1. The van der Waals surface area contributed by atoms with Gasteiger partial charge in [-0.2, -0.15) is 0 Å². The summed E-state index contributed by atoms with van der Waals surface area (Å²) in [5.74, 6) is -0.0452. The molecule has 6 nitrogen and oxygen atoms in total. The molecule has 122 valence electrons. The van der Waals surface area contributed by atoms with E-state index >= 15 is 0 Å². The van der Waals surface area contributed by atoms with Crippen molar-refractivity contribution in [2.24, 2.45) is 0 Å². The minimum Gasteiger partial charge on any atom is -0.373 e. The van der Waals surface area contributed by atoms with Crippen molar-refractivity contribution in [1.82, 2.24) is 15.4 Å². The zero-order chi connectivity index (χ0) is 15.6. The highest BCUT2D eigenvalue weighted by Gasteiger charge is 2.32. The smallest absolute Gasteiger partial charge is 0.226 e. The average Bonchev–Trinajstić information content (AvgIpc) is 3.20. The number of ether oxygens (including phenoxy) is 1. The molecule has 6 heteroatoms. The van der Waals surface area contributed by atoms with Gasteiger partial charge >= 0.3 is 0 Å². The molecule has 1 amide bonds. The Balaban J connectivity index is 1.30. The van der Waals surface area contributed by atoms with E-state index < -0.39 is 0 Å². The molecule has 23 heavy (non-hydrogen) atoms. The Morgan fingerprint density at radius 1 is 1.39 bits per heavy atom. The molecule has 4 rings (SSSR count). The predicted octanol–water partition coefficient (Wildman–Crippen LogP) is 1.35. The van der Waals surface area contributed by atoms with Crippen LogP contribution in [0, 0.1) is 0 Å². The molecule has 1 N–H and O–H groups in total. The van der Waals surface area contributed by atoms with Crippen LogP contribution in [0.2, 0.25) is 0 Å². The number of hydrogen-bond acceptors (Lipinski definition) is 5. The molecule has 0 radical (unpaired) electrons. The Morgan fingerprint density at radius 3 is 3.26 bits per heavy atom. The van der Waals surface area contributed by atoms with Crippen molar-refractivity contribution in [3.05, 3.63) is 30.0 Å². The number of morpholine rings is 1. The minimum absolute atomic E-state index is 0.0452. The van der Waals surface area contributed by atoms with E-state index in [-0.39, 0.29) is 18.4 Å². The highest BCUT2D eigenvalue weighted by Crippen LogP contribution is 2.22. The fourth-order valence-electron chi connectivity index (χ4n) is 3.52. The predicted molar refractivity (Wildman–Crippen MR) is 85.1 cm³/mol. The monoisotopic (exact) mass is 315 g/mol. The zero-order valence-corrected chi connectivity index (χ0v) is 13.0. The maximum Gasteiger partial charge on any atom is 0.226 e. The molecule has 0 saturated carbocycles. The van der Waals surface area contributed by atoms with Gasteiger partial charge in [0.15, 0.2) is 5.58 Å². The normalized spacial score (nSPS) is 24.7. The molecule has 1 aromatic carbocycles. The fourth-order valence-corrected chi connectivity index (χ4v) is 3.52. The molecule has 0 unspecified atom stereocenters. The Labute approximate surface area is 134 Å². The summed E-state index contributed by atoms with van der Waals surface area (Å²) in [6, 6.07) is 8.17. The number of hydrogen-bond donors (Lipinski definition) is 1. The van der Waals surface area contributed by atoms with Gasteiger partial charge in [0.05, 0.1) is 19.1 Å². The van der Waals surface area contributed by atoms with Crippen molar-refractivity contribution in [3.63, 3.8) is 0 Å². The molecular formula is C17H21N3O3. The summed E-state index contributed by atoms with van der Waals surface area (Å²) in [7, 11) is 0. The van der Waals surface area contributed by atoms with Crippen LogP contribution in [0.15, 0.2) is 28.8 Å². The van der Waals surface area contributed by atoms with E-state index in [1.54, 1.807) is 0 Å². The number of aromatic nitrogens is 1. The molecule has 2 fully saturated rings. The minimum atomic E-state index is -0.0452. The summed E-state index contributed by atoms with van der Waals surface area (Å²) in [4.78, 5) is 14.6. The molecular weight excluding hydrogens is 294 g/mol. The lowest BCUT2D eigenvalue weighted by molar-refractivity contribution is -0.122. The average molecular weight is 315 g/mol. The number of fused-ring (bicyclic) bond motifs is 2. The topological polar surface area (TPSA) is 67.6 Å². The van der Waals surface area contributed by atoms with Gasteiger partial charge in [-0.25, -0.2) is 0 Å². The third-order valence-corrected chi connectivity index (χ3v) is 4.77. The Bertz CT molecular complexity index is 699. The van der Waals surface area contributed by atoms with Crippen molar-refractivity contribution >= 4 is 16.9 Å². The molecule has 3 heterocycles. The summed E-state index contributed by atoms with van der Waals surface area (Å²) >= 11 is 0. The molecule has 2 aliphatic rings. The van der Waals surface area contributed by atoms with Gasteiger partial charge in [-0.15, -0.1) is 0 Å². The van der Waals surface area contributed by atoms with E-state index in [1.807, 2.05) is 24.3 Å². The third kappa shape index (κ3) is 3.09. The number of para-hydroxylation sites is 1. The number of benzene rings is 1. The van der Waals surface area contributed by atoms with E-state index in [0.717, 1.165) is 25.1 Å². The van der Waals surface area contributed by atoms with Crippen LogP contribution < -0.4 is 5.32 Å². The number of carbonyl (C=O) groups is 1. The summed E-state index contributed by atoms with van der Waals surface area (Å²) in [5, 5.41) is 7.86. The zero-order valence-electron chi connectivity index (χ0n) is 13.0. The van der Waals surface area contributed by atoms with Crippen LogP contribution in [0.5, 0.6) is 0 Å². The Morgan fingerprint density at radius 2 is 2.30 bits per heavy atom. The maximum absolute atomic E-state index is 12.2. The van der Waals surface area contributed by atoms with Gasteiger partial charge in [0.1, 0.15) is 5.69 Å². The Hall–Kier alpha value is -1.92. The van der Waals surface area contributed by atoms with Crippen LogP contribution in [0.4, 0.5) is 0 Å². The molecule has 0 spiro atoms. The number of nitrogens with zero attached hydrogens (tertiary/aromatic N) is 2. The molecule has 2 aromatic rings. The van der Waals surface area contributed by atoms with E-state index in [4.69, 9.17) is 9.26 Å². The molecule has 2 saturated heterocycles. The molecule has 1 aromatic heterocycles. The number of nitrogens with one attached hydrogen (secondary N) is 1. The van der Waals surface area contributed by atoms with Gasteiger partial charge in [-0.05, 0) is 31.5 Å². The second-order valence-electron chi connectivity index (χ2n) is 6.35. The van der Waals surface area contributed by atoms with Gasteiger partial charge in [0.25, 0.3) is 0 Å². The SMILES string of the molecule is O=C(Cc1noc2ccccc12)NC[C@H]1CN2CCC[C@H]2CO1. The van der Waals surface area contributed by atoms with Crippen molar-refractivity contribution in [2.45, 2.75) is 31.4 Å². The van der Waals surface area contributed by atoms with Crippen molar-refractivity contribution in [1.29, 1.82) is 0 Å². The first-order chi connectivity index (χ1) is 11.3. The van der Waals surface area contributed by atoms with Gasteiger partial charge < -0.3 is 14.6 Å². The summed E-state index contributed by atoms with van der Waals surface area (Å²) < 4.78 is 11.1. The molecule has 0 bridgehead atoms. The van der Waals surface area contributed by atoms with Crippen LogP contribution in [-0.4, -0.2) is 54.4 Å². The van der Waals surface area contributed by atoms with Crippen molar-refractivity contribution in [2.75, 3.05) is 26.2 Å². The first-order valence-corrected chi connectivity index (χ1v) is 8.25. The maximum atomic E-state index is 12.2. The van der Waals surface area contributed by atoms with Crippen LogP contribution in [0.25, 0.3) is 11.0 Å². The van der Waals surface area contributed by atoms with Crippen LogP contribution in [0.1, 0.15) is 18.5 Å². The second kappa shape index (κ2) is 6.29. The number of amides is 1. The largest absolute Gasteiger partial charge is 0.373 e. The van der Waals surface area contributed by atoms with Gasteiger partial charge in [-0.1, -0.05) is 17.3 Å². The van der Waals surface area contributed by atoms with Gasteiger partial charge in [0, 0.05) is 24.5 Å². The quantitative estimate of drug-likeness (QED) is 0.922. The first kappa shape index (κ1) is 14.7. The fraction of sp³-hybridized carbons (Fsp3) is 0.529. The van der Waals surface area contributed by atoms with Crippen LogP contribution >= 0.6 is 0 Å². The van der Waals surface area contributed by atoms with E-state index in [9.17, 15) is 4.79 Å². The van der Waals surface area contributed by atoms with Crippen molar-refractivity contribution in [3.8, 4) is 0 Å². The first-order valence-electron chi connectivity index (χ1n) is 8.25. The summed E-state index contributed by atoms with van der Waals surface area (Å²) in [5.41, 5.74) is 1.40. The number of carbonyl (C=O) groups excluding carboxylic acids is 1. The lowest BCUT2D eigenvalue weighted by Gasteiger charge is -2.35. The highest BCUT2D eigenvalue weighted by atomic mass is 16.5. The summed E-state index contributed by atoms with van der Waals surface area (Å²) in [6.45, 7) is 3.41. The highest BCUT2D eigenvalue weighted by molar-refractivity contribution is 5.86. The molecule has 2 aliphatic heterocycles. The number of rotatable bonds is 4. The molecule has 2 atom stereocenters. The van der Waals surface area contributed by atoms with Crippen molar-refractivity contribution < 1.29 is 14.1 Å². The third-order valence-electron chi connectivity index (χ3n) is 4.77. The van der Waals surface area contributed by atoms with E-state index in [1.165, 1.54) is 12.8 Å². The van der Waals surface area contributed by atoms with Crippen LogP contribution in [0.3, 0.4) is 0 Å². The summed E-state index contributed by atoms with van der Waals surface area (Å²) in [6.07, 6.45) is 2.81. The lowest BCUT2D eigenvalue weighted by Crippen LogP contribution is -2.50.